The van der Waals surface area contributed by atoms with Crippen LogP contribution in [0.3, 0.4) is 0 Å². The monoisotopic (exact) mass is 429 g/mol. The van der Waals surface area contributed by atoms with Gasteiger partial charge in [-0.2, -0.15) is 21.1 Å². The molecule has 0 radical (unpaired) electrons. The van der Waals surface area contributed by atoms with Crippen LogP contribution < -0.4 is 0 Å². The van der Waals surface area contributed by atoms with E-state index in [2.05, 4.69) is 8.37 Å². The summed E-state index contributed by atoms with van der Waals surface area (Å²) in [5.41, 5.74) is 0.865. The predicted molar refractivity (Wildman–Crippen MR) is 96.1 cm³/mol. The molecule has 1 aromatic carbocycles. The van der Waals surface area contributed by atoms with Crippen molar-refractivity contribution in [3.63, 3.8) is 0 Å². The highest BCUT2D eigenvalue weighted by atomic mass is 32.2. The number of hydrogen-bond donors (Lipinski definition) is 0. The molecule has 0 fully saturated rings. The maximum absolute atomic E-state index is 12.9. The molecule has 1 unspecified atom stereocenters. The Kier molecular flexibility index (Phi) is 7.74. The maximum atomic E-state index is 12.9. The van der Waals surface area contributed by atoms with Gasteiger partial charge >= 0.3 is 0 Å². The zero-order chi connectivity index (χ0) is 20.2. The molecule has 0 aliphatic heterocycles. The summed E-state index contributed by atoms with van der Waals surface area (Å²) in [6.45, 7) is 2.14. The summed E-state index contributed by atoms with van der Waals surface area (Å²) in [7, 11) is -11.5. The van der Waals surface area contributed by atoms with E-state index in [1.165, 1.54) is 19.1 Å². The van der Waals surface area contributed by atoms with Gasteiger partial charge in [-0.25, -0.2) is 8.42 Å². The van der Waals surface area contributed by atoms with Crippen LogP contribution >= 0.6 is 0 Å². The van der Waals surface area contributed by atoms with Gasteiger partial charge in [0.2, 0.25) is 10.0 Å². The highest BCUT2D eigenvalue weighted by Crippen LogP contribution is 2.19. The van der Waals surface area contributed by atoms with E-state index in [1.54, 1.807) is 19.1 Å². The zero-order valence-corrected chi connectivity index (χ0v) is 17.4. The molecule has 0 amide bonds. The molecule has 0 saturated carbocycles. The van der Waals surface area contributed by atoms with Gasteiger partial charge in [0.05, 0.1) is 30.6 Å². The normalized spacial score (nSPS) is 14.5. The van der Waals surface area contributed by atoms with Gasteiger partial charge in [0.1, 0.15) is 0 Å². The van der Waals surface area contributed by atoms with E-state index in [9.17, 15) is 25.3 Å². The molecule has 1 atom stereocenters. The standard InChI is InChI=1S/C14H23NO8S3/c1-12-5-7-14(8-6-12)26(20,21)15(9-10-22-24(3,16)17)13(2)11-23-25(4,18)19/h5-8,13H,9-11H2,1-4H3. The molecule has 150 valence electrons. The van der Waals surface area contributed by atoms with E-state index in [1.807, 2.05) is 0 Å². The van der Waals surface area contributed by atoms with Crippen LogP contribution in [0, 0.1) is 6.92 Å². The van der Waals surface area contributed by atoms with Crippen molar-refractivity contribution in [2.45, 2.75) is 24.8 Å². The Bertz CT molecular complexity index is 905. The van der Waals surface area contributed by atoms with Crippen molar-refractivity contribution < 1.29 is 33.6 Å². The van der Waals surface area contributed by atoms with Crippen molar-refractivity contribution >= 4 is 30.3 Å². The van der Waals surface area contributed by atoms with Gasteiger partial charge < -0.3 is 0 Å². The molecule has 0 spiro atoms. The molecule has 0 aliphatic rings. The number of sulfonamides is 1. The summed E-state index contributed by atoms with van der Waals surface area (Å²) >= 11 is 0. The Hall–Kier alpha value is -1.05. The van der Waals surface area contributed by atoms with E-state index >= 15 is 0 Å². The molecular weight excluding hydrogens is 406 g/mol. The molecule has 1 rings (SSSR count). The van der Waals surface area contributed by atoms with Crippen LogP contribution in [0.2, 0.25) is 0 Å². The lowest BCUT2D eigenvalue weighted by molar-refractivity contribution is 0.198. The van der Waals surface area contributed by atoms with Crippen LogP contribution in [0.15, 0.2) is 29.2 Å². The topological polar surface area (TPSA) is 124 Å². The lowest BCUT2D eigenvalue weighted by atomic mass is 10.2. The number of nitrogens with zero attached hydrogens (tertiary/aromatic N) is 1. The number of hydrogen-bond acceptors (Lipinski definition) is 8. The minimum absolute atomic E-state index is 0.00587. The first kappa shape index (κ1) is 23.0. The molecule has 0 N–H and O–H groups in total. The Balaban J connectivity index is 3.10. The van der Waals surface area contributed by atoms with Crippen molar-refractivity contribution in [3.05, 3.63) is 29.8 Å². The third-order valence-electron chi connectivity index (χ3n) is 3.25. The first-order valence-electron chi connectivity index (χ1n) is 7.50. The van der Waals surface area contributed by atoms with Gasteiger partial charge in [0, 0.05) is 12.6 Å². The molecule has 0 bridgehead atoms. The molecule has 9 nitrogen and oxygen atoms in total. The van der Waals surface area contributed by atoms with Crippen molar-refractivity contribution in [1.29, 1.82) is 0 Å². The van der Waals surface area contributed by atoms with Gasteiger partial charge in [0.15, 0.2) is 0 Å². The Morgan fingerprint density at radius 1 is 0.923 bits per heavy atom. The van der Waals surface area contributed by atoms with Crippen molar-refractivity contribution in [1.82, 2.24) is 4.31 Å². The smallest absolute Gasteiger partial charge is 0.264 e. The van der Waals surface area contributed by atoms with Crippen LogP contribution in [0.5, 0.6) is 0 Å². The molecule has 1 aromatic rings. The summed E-state index contributed by atoms with van der Waals surface area (Å²) < 4.78 is 80.5. The zero-order valence-electron chi connectivity index (χ0n) is 14.9. The highest BCUT2D eigenvalue weighted by molar-refractivity contribution is 7.89. The number of aryl methyl sites for hydroxylation is 1. The Morgan fingerprint density at radius 2 is 1.42 bits per heavy atom. The molecular formula is C14H23NO8S3. The van der Waals surface area contributed by atoms with E-state index < -0.39 is 49.5 Å². The number of benzene rings is 1. The third kappa shape index (κ3) is 7.68. The second-order valence-corrected chi connectivity index (χ2v) is 11.0. The van der Waals surface area contributed by atoms with Gasteiger partial charge in [-0.15, -0.1) is 0 Å². The van der Waals surface area contributed by atoms with Gasteiger partial charge in [-0.05, 0) is 26.0 Å². The van der Waals surface area contributed by atoms with Crippen molar-refractivity contribution in [3.8, 4) is 0 Å². The van der Waals surface area contributed by atoms with Crippen molar-refractivity contribution in [2.75, 3.05) is 32.3 Å². The molecule has 0 aromatic heterocycles. The quantitative estimate of drug-likeness (QED) is 0.487. The molecule has 0 heterocycles. The van der Waals surface area contributed by atoms with E-state index in [0.29, 0.717) is 0 Å². The SMILES string of the molecule is Cc1ccc(S(=O)(=O)N(CCOS(C)(=O)=O)C(C)COS(C)(=O)=O)cc1. The van der Waals surface area contributed by atoms with E-state index in [-0.39, 0.29) is 11.4 Å². The fraction of sp³-hybridized carbons (Fsp3) is 0.571. The first-order chi connectivity index (χ1) is 11.7. The predicted octanol–water partition coefficient (Wildman–Crippen LogP) is 0.327. The average Bonchev–Trinajstić information content (AvgIpc) is 2.47. The second-order valence-electron chi connectivity index (χ2n) is 5.79. The average molecular weight is 430 g/mol. The van der Waals surface area contributed by atoms with Crippen LogP contribution in [0.4, 0.5) is 0 Å². The first-order valence-corrected chi connectivity index (χ1v) is 12.6. The van der Waals surface area contributed by atoms with Crippen LogP contribution in [0.1, 0.15) is 12.5 Å². The van der Waals surface area contributed by atoms with Gasteiger partial charge in [-0.3, -0.25) is 8.37 Å². The molecule has 0 saturated heterocycles. The Labute approximate surface area is 155 Å². The van der Waals surface area contributed by atoms with E-state index in [4.69, 9.17) is 0 Å². The summed E-state index contributed by atoms with van der Waals surface area (Å²) in [4.78, 5) is -0.00587. The summed E-state index contributed by atoms with van der Waals surface area (Å²) in [5.74, 6) is 0. The lowest BCUT2D eigenvalue weighted by Crippen LogP contribution is -2.43. The minimum atomic E-state index is -4.02. The van der Waals surface area contributed by atoms with E-state index in [0.717, 1.165) is 22.4 Å². The van der Waals surface area contributed by atoms with Crippen LogP contribution in [0.25, 0.3) is 0 Å². The summed E-state index contributed by atoms with van der Waals surface area (Å²) in [6.07, 6.45) is 1.70. The highest BCUT2D eigenvalue weighted by Gasteiger charge is 2.30. The van der Waals surface area contributed by atoms with Crippen LogP contribution in [-0.4, -0.2) is 67.9 Å². The molecule has 26 heavy (non-hydrogen) atoms. The fourth-order valence-electron chi connectivity index (χ4n) is 2.01. The lowest BCUT2D eigenvalue weighted by Gasteiger charge is -2.27. The largest absolute Gasteiger partial charge is 0.269 e. The third-order valence-corrected chi connectivity index (χ3v) is 6.44. The second kappa shape index (κ2) is 8.76. The minimum Gasteiger partial charge on any atom is -0.269 e. The van der Waals surface area contributed by atoms with Gasteiger partial charge in [0.25, 0.3) is 20.2 Å². The fourth-order valence-corrected chi connectivity index (χ4v) is 4.43. The summed E-state index contributed by atoms with van der Waals surface area (Å²) in [6, 6.07) is 5.20. The Morgan fingerprint density at radius 3 is 1.88 bits per heavy atom. The number of rotatable bonds is 10. The molecule has 12 heteroatoms. The van der Waals surface area contributed by atoms with Gasteiger partial charge in [-0.1, -0.05) is 17.7 Å². The van der Waals surface area contributed by atoms with Crippen LogP contribution in [-0.2, 0) is 38.6 Å². The van der Waals surface area contributed by atoms with Crippen molar-refractivity contribution in [2.24, 2.45) is 0 Å². The summed E-state index contributed by atoms with van der Waals surface area (Å²) in [5, 5.41) is 0. The maximum Gasteiger partial charge on any atom is 0.264 e. The molecule has 0 aliphatic carbocycles.